The maximum absolute atomic E-state index is 13.5. The summed E-state index contributed by atoms with van der Waals surface area (Å²) in [6.07, 6.45) is 2.42. The second-order valence-corrected chi connectivity index (χ2v) is 8.50. The number of ether oxygens (including phenoxy) is 2. The van der Waals surface area contributed by atoms with Crippen molar-refractivity contribution in [2.75, 3.05) is 27.3 Å². The van der Waals surface area contributed by atoms with Gasteiger partial charge < -0.3 is 23.9 Å². The summed E-state index contributed by atoms with van der Waals surface area (Å²) in [5.74, 6) is 2.50. The average Bonchev–Trinajstić information content (AvgIpc) is 2.75. The molecule has 3 aromatic rings. The van der Waals surface area contributed by atoms with Crippen molar-refractivity contribution in [3.8, 4) is 28.4 Å². The molecular weight excluding hydrogens is 394 g/mol. The summed E-state index contributed by atoms with van der Waals surface area (Å²) in [5.41, 5.74) is 2.27. The Morgan fingerprint density at radius 2 is 1.94 bits per heavy atom. The smallest absolute Gasteiger partial charge is 0.200 e. The summed E-state index contributed by atoms with van der Waals surface area (Å²) in [6, 6.07) is 8.64. The molecule has 6 heteroatoms. The highest BCUT2D eigenvalue weighted by Gasteiger charge is 2.25. The number of nitrogens with one attached hydrogen (secondary N) is 1. The zero-order valence-electron chi connectivity index (χ0n) is 18.6. The summed E-state index contributed by atoms with van der Waals surface area (Å²) in [4.78, 5) is 14.9. The zero-order valence-corrected chi connectivity index (χ0v) is 18.6. The van der Waals surface area contributed by atoms with E-state index in [1.165, 1.54) is 17.7 Å². The first-order chi connectivity index (χ1) is 14.9. The molecule has 1 saturated heterocycles. The van der Waals surface area contributed by atoms with Crippen LogP contribution in [0.4, 0.5) is 0 Å². The van der Waals surface area contributed by atoms with Crippen LogP contribution in [0.3, 0.4) is 0 Å². The minimum absolute atomic E-state index is 0.116. The van der Waals surface area contributed by atoms with Crippen molar-refractivity contribution in [1.82, 2.24) is 0 Å². The third-order valence-corrected chi connectivity index (χ3v) is 6.28. The first-order valence-electron chi connectivity index (χ1n) is 10.8. The van der Waals surface area contributed by atoms with E-state index < -0.39 is 0 Å². The van der Waals surface area contributed by atoms with E-state index in [0.29, 0.717) is 57.4 Å². The fourth-order valence-corrected chi connectivity index (χ4v) is 4.72. The van der Waals surface area contributed by atoms with Crippen molar-refractivity contribution in [2.24, 2.45) is 5.92 Å². The number of phenolic OH excluding ortho intramolecular Hbond substituents is 1. The predicted molar refractivity (Wildman–Crippen MR) is 120 cm³/mol. The molecule has 1 aliphatic rings. The lowest BCUT2D eigenvalue weighted by molar-refractivity contribution is -0.922. The van der Waals surface area contributed by atoms with Crippen LogP contribution in [-0.4, -0.2) is 32.4 Å². The second kappa shape index (κ2) is 8.63. The maximum Gasteiger partial charge on any atom is 0.200 e. The summed E-state index contributed by atoms with van der Waals surface area (Å²) in [5, 5.41) is 11.1. The molecule has 164 valence electrons. The summed E-state index contributed by atoms with van der Waals surface area (Å²) < 4.78 is 16.9. The zero-order chi connectivity index (χ0) is 22.1. The standard InChI is InChI=1S/C25H29NO5/c1-15-6-5-11-26(13-15)14-19-20(27)9-8-18-24(28)23(16(2)31-25(18)19)17-7-10-21(29-3)22(12-17)30-4/h7-10,12,15,27H,5-6,11,13-14H2,1-4H3/p+1/t15-/m1/s1. The first kappa shape index (κ1) is 21.2. The van der Waals surface area contributed by atoms with Gasteiger partial charge in [-0.25, -0.2) is 0 Å². The van der Waals surface area contributed by atoms with Crippen molar-refractivity contribution in [3.05, 3.63) is 51.9 Å². The number of rotatable bonds is 5. The second-order valence-electron chi connectivity index (χ2n) is 8.50. The Labute approximate surface area is 182 Å². The van der Waals surface area contributed by atoms with Gasteiger partial charge in [0.25, 0.3) is 0 Å². The third kappa shape index (κ3) is 4.00. The van der Waals surface area contributed by atoms with Gasteiger partial charge in [0.05, 0.1) is 43.8 Å². The molecule has 0 aliphatic carbocycles. The topological polar surface area (TPSA) is 73.3 Å². The highest BCUT2D eigenvalue weighted by Crippen LogP contribution is 2.34. The number of piperidine rings is 1. The molecule has 2 atom stereocenters. The molecule has 1 aromatic heterocycles. The van der Waals surface area contributed by atoms with Crippen molar-refractivity contribution >= 4 is 11.0 Å². The van der Waals surface area contributed by atoms with Gasteiger partial charge in [0.1, 0.15) is 18.1 Å². The van der Waals surface area contributed by atoms with Gasteiger partial charge >= 0.3 is 0 Å². The first-order valence-corrected chi connectivity index (χ1v) is 10.8. The van der Waals surface area contributed by atoms with Gasteiger partial charge in [0, 0.05) is 5.92 Å². The van der Waals surface area contributed by atoms with Crippen LogP contribution < -0.4 is 19.8 Å². The Morgan fingerprint density at radius 3 is 2.65 bits per heavy atom. The molecule has 0 spiro atoms. The number of hydrogen-bond donors (Lipinski definition) is 2. The molecule has 0 bridgehead atoms. The van der Waals surface area contributed by atoms with E-state index in [0.717, 1.165) is 13.1 Å². The summed E-state index contributed by atoms with van der Waals surface area (Å²) >= 11 is 0. The lowest BCUT2D eigenvalue weighted by Crippen LogP contribution is -3.12. The lowest BCUT2D eigenvalue weighted by atomic mass is 9.98. The molecule has 2 heterocycles. The van der Waals surface area contributed by atoms with E-state index in [1.807, 2.05) is 6.07 Å². The van der Waals surface area contributed by atoms with E-state index in [-0.39, 0.29) is 11.2 Å². The lowest BCUT2D eigenvalue weighted by Gasteiger charge is -2.28. The monoisotopic (exact) mass is 424 g/mol. The van der Waals surface area contributed by atoms with Crippen molar-refractivity contribution in [3.63, 3.8) is 0 Å². The fourth-order valence-electron chi connectivity index (χ4n) is 4.72. The fraction of sp³-hybridized carbons (Fsp3) is 0.400. The SMILES string of the molecule is COc1ccc(-c2c(C)oc3c(C[NH+]4CCC[C@@H](C)C4)c(O)ccc3c2=O)cc1OC. The Balaban J connectivity index is 1.83. The van der Waals surface area contributed by atoms with E-state index in [4.69, 9.17) is 13.9 Å². The predicted octanol–water partition coefficient (Wildman–Crippen LogP) is 3.31. The maximum atomic E-state index is 13.5. The van der Waals surface area contributed by atoms with Crippen LogP contribution in [0.15, 0.2) is 39.5 Å². The Hall–Kier alpha value is -2.99. The molecular formula is C25H30NO5+. The third-order valence-electron chi connectivity index (χ3n) is 6.28. The number of aromatic hydroxyl groups is 1. The molecule has 6 nitrogen and oxygen atoms in total. The van der Waals surface area contributed by atoms with Gasteiger partial charge in [-0.05, 0) is 49.6 Å². The molecule has 4 rings (SSSR count). The number of benzene rings is 2. The van der Waals surface area contributed by atoms with Gasteiger partial charge in [-0.15, -0.1) is 0 Å². The highest BCUT2D eigenvalue weighted by molar-refractivity contribution is 5.86. The molecule has 1 aliphatic heterocycles. The summed E-state index contributed by atoms with van der Waals surface area (Å²) in [7, 11) is 3.14. The van der Waals surface area contributed by atoms with E-state index in [1.54, 1.807) is 45.4 Å². The van der Waals surface area contributed by atoms with Crippen molar-refractivity contribution in [1.29, 1.82) is 0 Å². The van der Waals surface area contributed by atoms with Crippen molar-refractivity contribution < 1.29 is 23.9 Å². The van der Waals surface area contributed by atoms with Crippen molar-refractivity contribution in [2.45, 2.75) is 33.2 Å². The molecule has 0 saturated carbocycles. The largest absolute Gasteiger partial charge is 0.507 e. The van der Waals surface area contributed by atoms with Crippen LogP contribution in [0.1, 0.15) is 31.1 Å². The van der Waals surface area contributed by atoms with Crippen LogP contribution in [-0.2, 0) is 6.54 Å². The van der Waals surface area contributed by atoms with Crippen LogP contribution in [0.2, 0.25) is 0 Å². The van der Waals surface area contributed by atoms with Crippen LogP contribution in [0.25, 0.3) is 22.1 Å². The summed E-state index contributed by atoms with van der Waals surface area (Å²) in [6.45, 7) is 6.82. The number of phenols is 1. The average molecular weight is 425 g/mol. The Bertz CT molecular complexity index is 1170. The molecule has 0 amide bonds. The van der Waals surface area contributed by atoms with Gasteiger partial charge in [0.2, 0.25) is 5.43 Å². The van der Waals surface area contributed by atoms with E-state index in [9.17, 15) is 9.90 Å². The molecule has 1 fully saturated rings. The highest BCUT2D eigenvalue weighted by atomic mass is 16.5. The Kier molecular flexibility index (Phi) is 5.92. The van der Waals surface area contributed by atoms with E-state index >= 15 is 0 Å². The number of fused-ring (bicyclic) bond motifs is 1. The Morgan fingerprint density at radius 1 is 1.16 bits per heavy atom. The molecule has 0 radical (unpaired) electrons. The van der Waals surface area contributed by atoms with Crippen LogP contribution in [0.5, 0.6) is 17.2 Å². The van der Waals surface area contributed by atoms with Crippen LogP contribution >= 0.6 is 0 Å². The van der Waals surface area contributed by atoms with E-state index in [2.05, 4.69) is 6.92 Å². The quantitative estimate of drug-likeness (QED) is 0.658. The molecule has 31 heavy (non-hydrogen) atoms. The number of aryl methyl sites for hydroxylation is 1. The normalized spacial score (nSPS) is 18.8. The number of methoxy groups -OCH3 is 2. The molecule has 2 aromatic carbocycles. The molecule has 2 N–H and O–H groups in total. The minimum atomic E-state index is -0.116. The van der Waals surface area contributed by atoms with Gasteiger partial charge in [-0.3, -0.25) is 4.79 Å². The van der Waals surface area contributed by atoms with Crippen LogP contribution in [0, 0.1) is 12.8 Å². The molecule has 1 unspecified atom stereocenters. The number of likely N-dealkylation sites (tertiary alicyclic amines) is 1. The van der Waals surface area contributed by atoms with Gasteiger partial charge in [0.15, 0.2) is 17.1 Å². The number of quaternary nitrogens is 1. The number of hydrogen-bond acceptors (Lipinski definition) is 5. The minimum Gasteiger partial charge on any atom is -0.507 e. The van der Waals surface area contributed by atoms with Gasteiger partial charge in [-0.2, -0.15) is 0 Å². The van der Waals surface area contributed by atoms with Gasteiger partial charge in [-0.1, -0.05) is 13.0 Å².